The molecule has 0 spiro atoms. The molecule has 15 heavy (non-hydrogen) atoms. The molecule has 0 radical (unpaired) electrons. The van der Waals surface area contributed by atoms with Crippen molar-refractivity contribution in [2.45, 2.75) is 6.04 Å². The molecule has 1 aliphatic heterocycles. The fraction of sp³-hybridized carbons (Fsp3) is 0.364. The van der Waals surface area contributed by atoms with Crippen molar-refractivity contribution in [2.24, 2.45) is 0 Å². The average molecular weight is 203 g/mol. The van der Waals surface area contributed by atoms with E-state index in [0.717, 1.165) is 24.5 Å². The number of rotatable bonds is 3. The summed E-state index contributed by atoms with van der Waals surface area (Å²) in [6.07, 6.45) is 0. The third-order valence-corrected chi connectivity index (χ3v) is 2.49. The smallest absolute Gasteiger partial charge is 0.121 e. The van der Waals surface area contributed by atoms with Crippen molar-refractivity contribution in [2.75, 3.05) is 25.5 Å². The van der Waals surface area contributed by atoms with Crippen molar-refractivity contribution in [3.05, 3.63) is 23.8 Å². The Balaban J connectivity index is 2.21. The minimum Gasteiger partial charge on any atom is -0.497 e. The first-order valence-electron chi connectivity index (χ1n) is 4.89. The van der Waals surface area contributed by atoms with Crippen molar-refractivity contribution in [1.82, 2.24) is 5.32 Å². The summed E-state index contributed by atoms with van der Waals surface area (Å²) in [6.45, 7) is 1.89. The molecule has 0 bridgehead atoms. The summed E-state index contributed by atoms with van der Waals surface area (Å²) in [7, 11) is 1.62. The predicted octanol–water partition coefficient (Wildman–Crippen LogP) is 0.951. The minimum atomic E-state index is 0.421. The van der Waals surface area contributed by atoms with E-state index in [1.165, 1.54) is 0 Å². The quantitative estimate of drug-likeness (QED) is 0.768. The Kier molecular flexibility index (Phi) is 2.75. The minimum absolute atomic E-state index is 0.421. The molecule has 0 aromatic heterocycles. The van der Waals surface area contributed by atoms with Gasteiger partial charge in [-0.05, 0) is 12.1 Å². The van der Waals surface area contributed by atoms with Crippen LogP contribution in [0, 0.1) is 11.3 Å². The molecule has 1 aliphatic rings. The van der Waals surface area contributed by atoms with Gasteiger partial charge in [0.1, 0.15) is 11.8 Å². The Morgan fingerprint density at radius 2 is 2.33 bits per heavy atom. The summed E-state index contributed by atoms with van der Waals surface area (Å²) >= 11 is 0. The molecule has 0 unspecified atom stereocenters. The van der Waals surface area contributed by atoms with Crippen LogP contribution in [0.4, 0.5) is 5.69 Å². The summed E-state index contributed by atoms with van der Waals surface area (Å²) in [6, 6.07) is 8.01. The standard InChI is InChI=1S/C11H13N3O/c1-15-10-3-2-8(5-12)11(4-10)14-9-6-13-7-9/h2-4,9,13-14H,6-7H2,1H3. The lowest BCUT2D eigenvalue weighted by molar-refractivity contribution is 0.414. The molecule has 1 aromatic rings. The van der Waals surface area contributed by atoms with Crippen LogP contribution in [0.5, 0.6) is 5.75 Å². The number of nitriles is 1. The number of nitrogens with zero attached hydrogens (tertiary/aromatic N) is 1. The van der Waals surface area contributed by atoms with E-state index in [2.05, 4.69) is 16.7 Å². The van der Waals surface area contributed by atoms with E-state index in [1.54, 1.807) is 19.2 Å². The van der Waals surface area contributed by atoms with Crippen molar-refractivity contribution in [1.29, 1.82) is 5.26 Å². The molecule has 0 atom stereocenters. The maximum atomic E-state index is 8.94. The Bertz CT molecular complexity index is 393. The van der Waals surface area contributed by atoms with E-state index >= 15 is 0 Å². The maximum absolute atomic E-state index is 8.94. The van der Waals surface area contributed by atoms with Crippen LogP contribution in [-0.4, -0.2) is 26.2 Å². The number of hydrogen-bond donors (Lipinski definition) is 2. The van der Waals surface area contributed by atoms with Crippen LogP contribution >= 0.6 is 0 Å². The maximum Gasteiger partial charge on any atom is 0.121 e. The molecule has 4 heteroatoms. The third-order valence-electron chi connectivity index (χ3n) is 2.49. The highest BCUT2D eigenvalue weighted by atomic mass is 16.5. The van der Waals surface area contributed by atoms with Crippen molar-refractivity contribution in [3.8, 4) is 11.8 Å². The number of anilines is 1. The zero-order valence-electron chi connectivity index (χ0n) is 8.58. The summed E-state index contributed by atoms with van der Waals surface area (Å²) < 4.78 is 5.12. The average Bonchev–Trinajstić information content (AvgIpc) is 2.23. The molecule has 0 aliphatic carbocycles. The van der Waals surface area contributed by atoms with Gasteiger partial charge in [-0.3, -0.25) is 0 Å². The van der Waals surface area contributed by atoms with Gasteiger partial charge in [-0.1, -0.05) is 0 Å². The molecule has 2 N–H and O–H groups in total. The van der Waals surface area contributed by atoms with Crippen molar-refractivity contribution < 1.29 is 4.74 Å². The van der Waals surface area contributed by atoms with E-state index in [1.807, 2.05) is 6.07 Å². The predicted molar refractivity (Wildman–Crippen MR) is 58.0 cm³/mol. The number of benzene rings is 1. The second-order valence-corrected chi connectivity index (χ2v) is 3.52. The van der Waals surface area contributed by atoms with Crippen molar-refractivity contribution in [3.63, 3.8) is 0 Å². The molecule has 4 nitrogen and oxygen atoms in total. The molecule has 1 saturated heterocycles. The molecular weight excluding hydrogens is 190 g/mol. The van der Waals surface area contributed by atoms with Crippen LogP contribution < -0.4 is 15.4 Å². The van der Waals surface area contributed by atoms with Gasteiger partial charge in [0.2, 0.25) is 0 Å². The Morgan fingerprint density at radius 3 is 2.87 bits per heavy atom. The van der Waals surface area contributed by atoms with Crippen LogP contribution in [0.2, 0.25) is 0 Å². The van der Waals surface area contributed by atoms with Crippen LogP contribution in [0.25, 0.3) is 0 Å². The molecule has 1 heterocycles. The monoisotopic (exact) mass is 203 g/mol. The lowest BCUT2D eigenvalue weighted by Crippen LogP contribution is -2.51. The zero-order valence-corrected chi connectivity index (χ0v) is 8.58. The first-order valence-corrected chi connectivity index (χ1v) is 4.89. The highest BCUT2D eigenvalue weighted by molar-refractivity contribution is 5.61. The number of nitrogens with one attached hydrogen (secondary N) is 2. The molecule has 1 fully saturated rings. The molecular formula is C11H13N3O. The van der Waals surface area contributed by atoms with Crippen LogP contribution in [-0.2, 0) is 0 Å². The van der Waals surface area contributed by atoms with Gasteiger partial charge >= 0.3 is 0 Å². The molecule has 78 valence electrons. The number of hydrogen-bond acceptors (Lipinski definition) is 4. The highest BCUT2D eigenvalue weighted by Crippen LogP contribution is 2.22. The highest BCUT2D eigenvalue weighted by Gasteiger charge is 2.17. The van der Waals surface area contributed by atoms with Crippen LogP contribution in [0.1, 0.15) is 5.56 Å². The summed E-state index contributed by atoms with van der Waals surface area (Å²) in [5.74, 6) is 0.767. The number of ether oxygens (including phenoxy) is 1. The second kappa shape index (κ2) is 4.20. The molecule has 0 saturated carbocycles. The summed E-state index contributed by atoms with van der Waals surface area (Å²) in [5.41, 5.74) is 1.51. The van der Waals surface area contributed by atoms with E-state index in [9.17, 15) is 0 Å². The van der Waals surface area contributed by atoms with Gasteiger partial charge in [-0.25, -0.2) is 0 Å². The van der Waals surface area contributed by atoms with Crippen molar-refractivity contribution >= 4 is 5.69 Å². The van der Waals surface area contributed by atoms with E-state index < -0.39 is 0 Å². The lowest BCUT2D eigenvalue weighted by Gasteiger charge is -2.29. The topological polar surface area (TPSA) is 57.1 Å². The van der Waals surface area contributed by atoms with Gasteiger partial charge < -0.3 is 15.4 Å². The van der Waals surface area contributed by atoms with Gasteiger partial charge in [0, 0.05) is 19.2 Å². The fourth-order valence-electron chi connectivity index (χ4n) is 1.48. The molecule has 1 aromatic carbocycles. The fourth-order valence-corrected chi connectivity index (χ4v) is 1.48. The first-order chi connectivity index (χ1) is 7.33. The summed E-state index contributed by atoms with van der Waals surface area (Å²) in [4.78, 5) is 0. The summed E-state index contributed by atoms with van der Waals surface area (Å²) in [5, 5.41) is 15.4. The second-order valence-electron chi connectivity index (χ2n) is 3.52. The first kappa shape index (κ1) is 9.81. The van der Waals surface area contributed by atoms with Crippen LogP contribution in [0.3, 0.4) is 0 Å². The van der Waals surface area contributed by atoms with Crippen LogP contribution in [0.15, 0.2) is 18.2 Å². The van der Waals surface area contributed by atoms with Gasteiger partial charge in [-0.2, -0.15) is 5.26 Å². The van der Waals surface area contributed by atoms with E-state index in [0.29, 0.717) is 11.6 Å². The molecule has 2 rings (SSSR count). The number of methoxy groups -OCH3 is 1. The molecule has 0 amide bonds. The van der Waals surface area contributed by atoms with Gasteiger partial charge in [0.15, 0.2) is 0 Å². The SMILES string of the molecule is COc1ccc(C#N)c(NC2CNC2)c1. The Morgan fingerprint density at radius 1 is 1.53 bits per heavy atom. The zero-order chi connectivity index (χ0) is 10.7. The van der Waals surface area contributed by atoms with E-state index in [4.69, 9.17) is 10.00 Å². The van der Waals surface area contributed by atoms with Gasteiger partial charge in [-0.15, -0.1) is 0 Å². The largest absolute Gasteiger partial charge is 0.497 e. The Hall–Kier alpha value is -1.73. The van der Waals surface area contributed by atoms with E-state index in [-0.39, 0.29) is 0 Å². The lowest BCUT2D eigenvalue weighted by atomic mass is 10.1. The Labute approximate surface area is 88.9 Å². The third kappa shape index (κ3) is 2.03. The van der Waals surface area contributed by atoms with Gasteiger partial charge in [0.25, 0.3) is 0 Å². The van der Waals surface area contributed by atoms with Gasteiger partial charge in [0.05, 0.1) is 24.4 Å². The normalized spacial score (nSPS) is 15.2.